The van der Waals surface area contributed by atoms with Crippen LogP contribution >= 0.6 is 0 Å². The number of aryl methyl sites for hydroxylation is 1. The monoisotopic (exact) mass is 298 g/mol. The highest BCUT2D eigenvalue weighted by Gasteiger charge is 2.33. The van der Waals surface area contributed by atoms with E-state index < -0.39 is 0 Å². The molecule has 3 aliphatic heterocycles. The van der Waals surface area contributed by atoms with Gasteiger partial charge in [-0.25, -0.2) is 0 Å². The number of rotatable bonds is 4. The van der Waals surface area contributed by atoms with Gasteiger partial charge in [-0.2, -0.15) is 0 Å². The summed E-state index contributed by atoms with van der Waals surface area (Å²) in [6, 6.07) is 8.26. The highest BCUT2D eigenvalue weighted by molar-refractivity contribution is 5.97. The Morgan fingerprint density at radius 2 is 1.95 bits per heavy atom. The van der Waals surface area contributed by atoms with Crippen molar-refractivity contribution in [2.75, 3.05) is 26.2 Å². The van der Waals surface area contributed by atoms with E-state index in [0.29, 0.717) is 5.92 Å². The maximum Gasteiger partial charge on any atom is 0.246 e. The molecule has 0 saturated carbocycles. The number of carbonyl (C=O) groups is 1. The van der Waals surface area contributed by atoms with Gasteiger partial charge in [0.2, 0.25) is 5.91 Å². The molecule has 118 valence electrons. The minimum Gasteiger partial charge on any atom is -0.352 e. The van der Waals surface area contributed by atoms with E-state index in [-0.39, 0.29) is 5.91 Å². The zero-order valence-electron chi connectivity index (χ0n) is 13.6. The smallest absolute Gasteiger partial charge is 0.246 e. The second kappa shape index (κ2) is 6.66. The van der Waals surface area contributed by atoms with E-state index in [2.05, 4.69) is 41.4 Å². The first-order valence-electron chi connectivity index (χ1n) is 8.37. The number of nitrogens with one attached hydrogen (secondary N) is 1. The van der Waals surface area contributed by atoms with Crippen molar-refractivity contribution in [1.29, 1.82) is 0 Å². The van der Waals surface area contributed by atoms with E-state index in [0.717, 1.165) is 30.1 Å². The van der Waals surface area contributed by atoms with Crippen molar-refractivity contribution < 1.29 is 4.79 Å². The van der Waals surface area contributed by atoms with Crippen LogP contribution in [0.4, 0.5) is 0 Å². The summed E-state index contributed by atoms with van der Waals surface area (Å²) in [6.45, 7) is 8.44. The number of carbonyl (C=O) groups excluding carboxylic acids is 1. The fourth-order valence-electron chi connectivity index (χ4n) is 3.66. The van der Waals surface area contributed by atoms with Crippen LogP contribution in [0.2, 0.25) is 0 Å². The molecule has 3 heteroatoms. The van der Waals surface area contributed by atoms with Crippen LogP contribution in [0.25, 0.3) is 6.08 Å². The molecular weight excluding hydrogens is 272 g/mol. The first kappa shape index (κ1) is 15.3. The molecule has 1 atom stereocenters. The van der Waals surface area contributed by atoms with Crippen LogP contribution < -0.4 is 5.32 Å². The highest BCUT2D eigenvalue weighted by atomic mass is 16.1. The maximum absolute atomic E-state index is 12.3. The van der Waals surface area contributed by atoms with E-state index in [4.69, 9.17) is 0 Å². The van der Waals surface area contributed by atoms with Gasteiger partial charge in [-0.15, -0.1) is 0 Å². The fraction of sp³-hybridized carbons (Fsp3) is 0.526. The number of fused-ring (bicyclic) bond motifs is 3. The molecule has 1 unspecified atom stereocenters. The van der Waals surface area contributed by atoms with Crippen molar-refractivity contribution in [2.24, 2.45) is 11.8 Å². The Balaban J connectivity index is 1.54. The normalized spacial score (nSPS) is 27.7. The molecule has 0 aliphatic carbocycles. The molecule has 4 rings (SSSR count). The highest BCUT2D eigenvalue weighted by Crippen LogP contribution is 2.31. The van der Waals surface area contributed by atoms with E-state index in [9.17, 15) is 4.79 Å². The van der Waals surface area contributed by atoms with Crippen molar-refractivity contribution in [3.8, 4) is 0 Å². The Kier molecular flexibility index (Phi) is 4.63. The largest absolute Gasteiger partial charge is 0.352 e. The molecule has 22 heavy (non-hydrogen) atoms. The molecule has 3 saturated heterocycles. The van der Waals surface area contributed by atoms with Gasteiger partial charge < -0.3 is 10.2 Å². The van der Waals surface area contributed by atoms with Crippen molar-refractivity contribution in [3.05, 3.63) is 41.0 Å². The Labute approximate surface area is 133 Å². The van der Waals surface area contributed by atoms with E-state index in [1.165, 1.54) is 31.5 Å². The summed E-state index contributed by atoms with van der Waals surface area (Å²) < 4.78 is 0. The van der Waals surface area contributed by atoms with Crippen LogP contribution in [0.1, 0.15) is 30.9 Å². The summed E-state index contributed by atoms with van der Waals surface area (Å²) in [6.07, 6.45) is 4.57. The van der Waals surface area contributed by atoms with Crippen LogP contribution in [0.5, 0.6) is 0 Å². The van der Waals surface area contributed by atoms with Crippen molar-refractivity contribution in [1.82, 2.24) is 10.2 Å². The standard InChI is InChI=1S/C19H26N2O/c1-14-3-5-16(6-4-14)11-15(2)19(22)20-12-18-13-21-9-7-17(18)8-10-21/h3-6,11,17-18H,7-10,12-13H2,1-2H3,(H,20,22)/b15-11+. The number of nitrogens with zero attached hydrogens (tertiary/aromatic N) is 1. The van der Waals surface area contributed by atoms with Gasteiger partial charge >= 0.3 is 0 Å². The summed E-state index contributed by atoms with van der Waals surface area (Å²) >= 11 is 0. The third-order valence-electron chi connectivity index (χ3n) is 5.14. The molecule has 3 aliphatic rings. The minimum atomic E-state index is 0.0667. The molecule has 3 nitrogen and oxygen atoms in total. The first-order chi connectivity index (χ1) is 10.6. The van der Waals surface area contributed by atoms with Gasteiger partial charge in [0.1, 0.15) is 0 Å². The van der Waals surface area contributed by atoms with Crippen LogP contribution in [0.3, 0.4) is 0 Å². The second-order valence-corrected chi connectivity index (χ2v) is 6.85. The zero-order valence-corrected chi connectivity index (χ0v) is 13.6. The molecule has 2 bridgehead atoms. The van der Waals surface area contributed by atoms with E-state index in [1.54, 1.807) is 0 Å². The van der Waals surface area contributed by atoms with Crippen LogP contribution in [0.15, 0.2) is 29.8 Å². The third-order valence-corrected chi connectivity index (χ3v) is 5.14. The summed E-state index contributed by atoms with van der Waals surface area (Å²) in [5.74, 6) is 1.52. The average Bonchev–Trinajstić information content (AvgIpc) is 2.56. The predicted octanol–water partition coefficient (Wildman–Crippen LogP) is 2.86. The zero-order chi connectivity index (χ0) is 15.5. The van der Waals surface area contributed by atoms with Crippen molar-refractivity contribution in [3.63, 3.8) is 0 Å². The molecule has 1 amide bonds. The van der Waals surface area contributed by atoms with Gasteiger partial charge in [0.05, 0.1) is 0 Å². The number of hydrogen-bond donors (Lipinski definition) is 1. The predicted molar refractivity (Wildman–Crippen MR) is 90.5 cm³/mol. The van der Waals surface area contributed by atoms with Crippen LogP contribution in [-0.4, -0.2) is 37.0 Å². The number of benzene rings is 1. The lowest BCUT2D eigenvalue weighted by molar-refractivity contribution is -0.117. The number of piperidine rings is 3. The third kappa shape index (κ3) is 3.58. The van der Waals surface area contributed by atoms with Crippen LogP contribution in [-0.2, 0) is 4.79 Å². The molecule has 1 aromatic rings. The Bertz CT molecular complexity index is 553. The molecular formula is C19H26N2O. The summed E-state index contributed by atoms with van der Waals surface area (Å²) in [4.78, 5) is 14.8. The maximum atomic E-state index is 12.3. The van der Waals surface area contributed by atoms with Crippen molar-refractivity contribution in [2.45, 2.75) is 26.7 Å². The lowest BCUT2D eigenvalue weighted by Crippen LogP contribution is -2.50. The van der Waals surface area contributed by atoms with Gasteiger partial charge in [0, 0.05) is 18.7 Å². The van der Waals surface area contributed by atoms with Crippen LogP contribution in [0, 0.1) is 18.8 Å². The van der Waals surface area contributed by atoms with Gasteiger partial charge in [-0.3, -0.25) is 4.79 Å². The summed E-state index contributed by atoms with van der Waals surface area (Å²) in [5, 5.41) is 3.13. The molecule has 0 aromatic heterocycles. The van der Waals surface area contributed by atoms with Gasteiger partial charge in [0.15, 0.2) is 0 Å². The average molecular weight is 298 g/mol. The summed E-state index contributed by atoms with van der Waals surface area (Å²) in [5.41, 5.74) is 3.10. The Morgan fingerprint density at radius 1 is 1.27 bits per heavy atom. The summed E-state index contributed by atoms with van der Waals surface area (Å²) in [7, 11) is 0. The molecule has 1 aromatic carbocycles. The quantitative estimate of drug-likeness (QED) is 0.867. The topological polar surface area (TPSA) is 32.3 Å². The van der Waals surface area contributed by atoms with Crippen molar-refractivity contribution >= 4 is 12.0 Å². The number of hydrogen-bond acceptors (Lipinski definition) is 2. The fourth-order valence-corrected chi connectivity index (χ4v) is 3.66. The van der Waals surface area contributed by atoms with Gasteiger partial charge in [-0.05, 0) is 63.3 Å². The number of amides is 1. The molecule has 1 N–H and O–H groups in total. The SMILES string of the molecule is C/C(=C\c1ccc(C)cc1)C(=O)NCC1CN2CCC1CC2. The molecule has 0 radical (unpaired) electrons. The lowest BCUT2D eigenvalue weighted by atomic mass is 9.79. The van der Waals surface area contributed by atoms with E-state index in [1.807, 2.05) is 13.0 Å². The van der Waals surface area contributed by atoms with Gasteiger partial charge in [-0.1, -0.05) is 29.8 Å². The molecule has 0 spiro atoms. The van der Waals surface area contributed by atoms with Gasteiger partial charge in [0.25, 0.3) is 0 Å². The lowest BCUT2D eigenvalue weighted by Gasteiger charge is -2.44. The molecule has 3 heterocycles. The molecule has 3 fully saturated rings. The Hall–Kier alpha value is -1.61. The minimum absolute atomic E-state index is 0.0667. The Morgan fingerprint density at radius 3 is 2.55 bits per heavy atom. The first-order valence-corrected chi connectivity index (χ1v) is 8.37. The van der Waals surface area contributed by atoms with E-state index >= 15 is 0 Å². The second-order valence-electron chi connectivity index (χ2n) is 6.85.